The van der Waals surface area contributed by atoms with Gasteiger partial charge < -0.3 is 10.1 Å². The molecule has 3 rings (SSSR count). The number of rotatable bonds is 5. The fourth-order valence-electron chi connectivity index (χ4n) is 3.40. The number of hydrogen-bond acceptors (Lipinski definition) is 3. The number of amides is 1. The number of benzene rings is 2. The first-order chi connectivity index (χ1) is 12.3. The Labute approximate surface area is 149 Å². The van der Waals surface area contributed by atoms with E-state index >= 15 is 0 Å². The molecule has 1 fully saturated rings. The second-order valence-corrected chi connectivity index (χ2v) is 6.48. The van der Waals surface area contributed by atoms with Crippen molar-refractivity contribution >= 4 is 11.6 Å². The summed E-state index contributed by atoms with van der Waals surface area (Å²) in [6.45, 7) is 1.94. The molecule has 0 saturated carbocycles. The summed E-state index contributed by atoms with van der Waals surface area (Å²) in [5.74, 6) is 0.809. The first kappa shape index (κ1) is 17.5. The van der Waals surface area contributed by atoms with E-state index in [1.54, 1.807) is 7.11 Å². The molecular weight excluding hydrogens is 312 g/mol. The van der Waals surface area contributed by atoms with Gasteiger partial charge in [0.15, 0.2) is 0 Å². The second-order valence-electron chi connectivity index (χ2n) is 6.48. The van der Waals surface area contributed by atoms with Crippen molar-refractivity contribution in [3.63, 3.8) is 0 Å². The van der Waals surface area contributed by atoms with Crippen LogP contribution in [-0.2, 0) is 4.79 Å². The van der Waals surface area contributed by atoms with Gasteiger partial charge in [-0.15, -0.1) is 0 Å². The molecule has 0 bridgehead atoms. The minimum atomic E-state index is -0.249. The molecule has 1 atom stereocenters. The number of carbonyl (C=O) groups excluding carboxylic acids is 1. The van der Waals surface area contributed by atoms with E-state index in [2.05, 4.69) is 10.2 Å². The molecule has 1 amide bonds. The lowest BCUT2D eigenvalue weighted by Gasteiger charge is -2.30. The lowest BCUT2D eigenvalue weighted by atomic mass is 10.0. The molecule has 1 N–H and O–H groups in total. The molecule has 1 aliphatic heterocycles. The molecule has 2 aromatic carbocycles. The Hall–Kier alpha value is -2.33. The van der Waals surface area contributed by atoms with Crippen molar-refractivity contribution in [3.05, 3.63) is 60.2 Å². The van der Waals surface area contributed by atoms with Crippen molar-refractivity contribution in [1.29, 1.82) is 0 Å². The van der Waals surface area contributed by atoms with Crippen LogP contribution in [0.25, 0.3) is 0 Å². The third-order valence-corrected chi connectivity index (χ3v) is 4.73. The Morgan fingerprint density at radius 3 is 2.20 bits per heavy atom. The Kier molecular flexibility index (Phi) is 6.07. The number of ether oxygens (including phenoxy) is 1. The van der Waals surface area contributed by atoms with E-state index in [0.29, 0.717) is 0 Å². The maximum absolute atomic E-state index is 13.1. The van der Waals surface area contributed by atoms with Crippen molar-refractivity contribution in [2.75, 3.05) is 25.5 Å². The van der Waals surface area contributed by atoms with Crippen LogP contribution < -0.4 is 10.1 Å². The van der Waals surface area contributed by atoms with Gasteiger partial charge >= 0.3 is 0 Å². The molecule has 0 radical (unpaired) electrons. The van der Waals surface area contributed by atoms with Crippen molar-refractivity contribution < 1.29 is 9.53 Å². The molecular formula is C21H26N2O2. The molecule has 1 heterocycles. The SMILES string of the molecule is COc1ccc(NC(=O)C(c2ccccc2)N2CCCCCC2)cc1. The number of nitrogens with zero attached hydrogens (tertiary/aromatic N) is 1. The minimum absolute atomic E-state index is 0.0262. The second kappa shape index (κ2) is 8.67. The smallest absolute Gasteiger partial charge is 0.246 e. The monoisotopic (exact) mass is 338 g/mol. The topological polar surface area (TPSA) is 41.6 Å². The Balaban J connectivity index is 1.80. The number of anilines is 1. The van der Waals surface area contributed by atoms with Gasteiger partial charge in [-0.2, -0.15) is 0 Å². The minimum Gasteiger partial charge on any atom is -0.497 e. The van der Waals surface area contributed by atoms with E-state index in [4.69, 9.17) is 4.74 Å². The van der Waals surface area contributed by atoms with Gasteiger partial charge in [0.1, 0.15) is 11.8 Å². The van der Waals surface area contributed by atoms with E-state index in [0.717, 1.165) is 42.9 Å². The van der Waals surface area contributed by atoms with Crippen molar-refractivity contribution in [1.82, 2.24) is 4.90 Å². The summed E-state index contributed by atoms with van der Waals surface area (Å²) in [7, 11) is 1.64. The van der Waals surface area contributed by atoms with Gasteiger partial charge in [0.05, 0.1) is 7.11 Å². The molecule has 0 spiro atoms. The summed E-state index contributed by atoms with van der Waals surface area (Å²) in [5.41, 5.74) is 1.84. The maximum Gasteiger partial charge on any atom is 0.246 e. The largest absolute Gasteiger partial charge is 0.497 e. The molecule has 0 aromatic heterocycles. The number of nitrogens with one attached hydrogen (secondary N) is 1. The highest BCUT2D eigenvalue weighted by molar-refractivity contribution is 5.95. The molecule has 1 unspecified atom stereocenters. The average molecular weight is 338 g/mol. The Bertz CT molecular complexity index is 662. The predicted molar refractivity (Wildman–Crippen MR) is 101 cm³/mol. The third-order valence-electron chi connectivity index (χ3n) is 4.73. The molecule has 2 aromatic rings. The maximum atomic E-state index is 13.1. The third kappa shape index (κ3) is 4.60. The van der Waals surface area contributed by atoms with Gasteiger partial charge in [-0.1, -0.05) is 43.2 Å². The number of hydrogen-bond donors (Lipinski definition) is 1. The summed E-state index contributed by atoms with van der Waals surface area (Å²) < 4.78 is 5.18. The molecule has 132 valence electrons. The van der Waals surface area contributed by atoms with Crippen molar-refractivity contribution in [3.8, 4) is 5.75 Å². The van der Waals surface area contributed by atoms with Crippen LogP contribution in [0.4, 0.5) is 5.69 Å². The number of carbonyl (C=O) groups is 1. The van der Waals surface area contributed by atoms with Crippen LogP contribution >= 0.6 is 0 Å². The van der Waals surface area contributed by atoms with Crippen LogP contribution in [0.3, 0.4) is 0 Å². The van der Waals surface area contributed by atoms with Gasteiger partial charge in [0.2, 0.25) is 5.91 Å². The first-order valence-electron chi connectivity index (χ1n) is 9.02. The zero-order chi connectivity index (χ0) is 17.5. The summed E-state index contributed by atoms with van der Waals surface area (Å²) in [5, 5.41) is 3.07. The Morgan fingerprint density at radius 2 is 1.60 bits per heavy atom. The van der Waals surface area contributed by atoms with E-state index in [1.807, 2.05) is 54.6 Å². The molecule has 0 aliphatic carbocycles. The molecule has 25 heavy (non-hydrogen) atoms. The fourth-order valence-corrected chi connectivity index (χ4v) is 3.40. The fraction of sp³-hybridized carbons (Fsp3) is 0.381. The van der Waals surface area contributed by atoms with Crippen LogP contribution in [0, 0.1) is 0 Å². The van der Waals surface area contributed by atoms with Crippen LogP contribution in [0.1, 0.15) is 37.3 Å². The molecule has 1 saturated heterocycles. The highest BCUT2D eigenvalue weighted by Gasteiger charge is 2.28. The lowest BCUT2D eigenvalue weighted by Crippen LogP contribution is -2.38. The average Bonchev–Trinajstić information content (AvgIpc) is 2.93. The zero-order valence-electron chi connectivity index (χ0n) is 14.8. The van der Waals surface area contributed by atoms with Gasteiger partial charge in [0, 0.05) is 5.69 Å². The van der Waals surface area contributed by atoms with Crippen LogP contribution in [-0.4, -0.2) is 31.0 Å². The highest BCUT2D eigenvalue weighted by atomic mass is 16.5. The molecule has 1 aliphatic rings. The summed E-state index contributed by atoms with van der Waals surface area (Å²) in [4.78, 5) is 15.4. The van der Waals surface area contributed by atoms with E-state index in [1.165, 1.54) is 12.8 Å². The van der Waals surface area contributed by atoms with Crippen molar-refractivity contribution in [2.45, 2.75) is 31.7 Å². The Morgan fingerprint density at radius 1 is 0.960 bits per heavy atom. The van der Waals surface area contributed by atoms with Gasteiger partial charge in [-0.3, -0.25) is 9.69 Å². The molecule has 4 heteroatoms. The quantitative estimate of drug-likeness (QED) is 0.886. The van der Waals surface area contributed by atoms with E-state index < -0.39 is 0 Å². The summed E-state index contributed by atoms with van der Waals surface area (Å²) in [6.07, 6.45) is 4.80. The summed E-state index contributed by atoms with van der Waals surface area (Å²) >= 11 is 0. The number of methoxy groups -OCH3 is 1. The van der Waals surface area contributed by atoms with Crippen LogP contribution in [0.5, 0.6) is 5.75 Å². The van der Waals surface area contributed by atoms with Gasteiger partial charge in [-0.25, -0.2) is 0 Å². The first-order valence-corrected chi connectivity index (χ1v) is 9.02. The van der Waals surface area contributed by atoms with E-state index in [-0.39, 0.29) is 11.9 Å². The normalized spacial score (nSPS) is 16.7. The van der Waals surface area contributed by atoms with E-state index in [9.17, 15) is 4.79 Å². The lowest BCUT2D eigenvalue weighted by molar-refractivity contribution is -0.121. The summed E-state index contributed by atoms with van der Waals surface area (Å²) in [6, 6.07) is 17.3. The van der Waals surface area contributed by atoms with Crippen LogP contribution in [0.2, 0.25) is 0 Å². The van der Waals surface area contributed by atoms with Gasteiger partial charge in [-0.05, 0) is 55.8 Å². The highest BCUT2D eigenvalue weighted by Crippen LogP contribution is 2.26. The van der Waals surface area contributed by atoms with Crippen LogP contribution in [0.15, 0.2) is 54.6 Å². The van der Waals surface area contributed by atoms with Crippen molar-refractivity contribution in [2.24, 2.45) is 0 Å². The standard InChI is InChI=1S/C21H26N2O2/c1-25-19-13-11-18(12-14-19)22-21(24)20(17-9-5-4-6-10-17)23-15-7-2-3-8-16-23/h4-6,9-14,20H,2-3,7-8,15-16H2,1H3,(H,22,24). The zero-order valence-corrected chi connectivity index (χ0v) is 14.8. The molecule has 4 nitrogen and oxygen atoms in total. The predicted octanol–water partition coefficient (Wildman–Crippen LogP) is 4.25. The van der Waals surface area contributed by atoms with Gasteiger partial charge in [0.25, 0.3) is 0 Å². The number of likely N-dealkylation sites (tertiary alicyclic amines) is 1.